The summed E-state index contributed by atoms with van der Waals surface area (Å²) in [5.41, 5.74) is 4.79. The predicted molar refractivity (Wildman–Crippen MR) is 59.3 cm³/mol. The molecule has 0 aromatic carbocycles. The summed E-state index contributed by atoms with van der Waals surface area (Å²) in [4.78, 5) is 33.0. The molecule has 3 amide bonds. The van der Waals surface area contributed by atoms with Crippen molar-refractivity contribution in [2.75, 3.05) is 13.1 Å². The van der Waals surface area contributed by atoms with E-state index in [4.69, 9.17) is 15.3 Å². The van der Waals surface area contributed by atoms with Crippen molar-refractivity contribution in [3.63, 3.8) is 0 Å². The first kappa shape index (κ1) is 13.7. The average Bonchev–Trinajstić information content (AvgIpc) is 2.86. The molecule has 0 fully saturated rings. The highest BCUT2D eigenvalue weighted by atomic mass is 16.3. The van der Waals surface area contributed by atoms with Crippen molar-refractivity contribution in [3.05, 3.63) is 24.2 Å². The van der Waals surface area contributed by atoms with E-state index in [1.807, 2.05) is 0 Å². The number of carbonyl (C=O) groups is 3. The summed E-state index contributed by atoms with van der Waals surface area (Å²) in [6.07, 6.45) is -0.118. The molecule has 1 heterocycles. The third-order valence-electron chi connectivity index (χ3n) is 1.98. The van der Waals surface area contributed by atoms with Gasteiger partial charge in [-0.15, -0.1) is 0 Å². The van der Waals surface area contributed by atoms with E-state index in [-0.39, 0.29) is 18.8 Å². The maximum Gasteiger partial charge on any atom is 0.287 e. The molecule has 8 nitrogen and oxygen atoms in total. The minimum Gasteiger partial charge on any atom is -0.459 e. The summed E-state index contributed by atoms with van der Waals surface area (Å²) >= 11 is 0. The summed E-state index contributed by atoms with van der Waals surface area (Å²) in [7, 11) is 0. The standard InChI is InChI=1S/C10H13N3O5/c11-9(16)6(14)4-12-8(15)5-13-10(17)7-2-1-3-18-7/h1-3,6,14H,4-5H2,(H2,11,16)(H,12,15)(H,13,17). The zero-order chi connectivity index (χ0) is 13.5. The molecule has 0 spiro atoms. The molecule has 5 N–H and O–H groups in total. The lowest BCUT2D eigenvalue weighted by Crippen LogP contribution is -2.43. The minimum absolute atomic E-state index is 0.0833. The molecule has 0 aliphatic heterocycles. The van der Waals surface area contributed by atoms with Gasteiger partial charge >= 0.3 is 0 Å². The van der Waals surface area contributed by atoms with Crippen molar-refractivity contribution in [3.8, 4) is 0 Å². The van der Waals surface area contributed by atoms with Gasteiger partial charge in [0.15, 0.2) is 5.76 Å². The van der Waals surface area contributed by atoms with E-state index in [2.05, 4.69) is 10.6 Å². The van der Waals surface area contributed by atoms with Crippen LogP contribution in [0.15, 0.2) is 22.8 Å². The van der Waals surface area contributed by atoms with E-state index in [1.165, 1.54) is 18.4 Å². The SMILES string of the molecule is NC(=O)C(O)CNC(=O)CNC(=O)c1ccco1. The van der Waals surface area contributed by atoms with Crippen LogP contribution in [0.1, 0.15) is 10.6 Å². The number of aliphatic hydroxyl groups excluding tert-OH is 1. The Kier molecular flexibility index (Phi) is 4.88. The molecule has 0 saturated carbocycles. The molecule has 18 heavy (non-hydrogen) atoms. The number of rotatable bonds is 6. The van der Waals surface area contributed by atoms with Crippen LogP contribution in [0, 0.1) is 0 Å². The largest absolute Gasteiger partial charge is 0.459 e. The second-order valence-electron chi connectivity index (χ2n) is 3.38. The average molecular weight is 255 g/mol. The van der Waals surface area contributed by atoms with Crippen LogP contribution >= 0.6 is 0 Å². The molecule has 1 aromatic heterocycles. The van der Waals surface area contributed by atoms with E-state index in [0.29, 0.717) is 0 Å². The van der Waals surface area contributed by atoms with Crippen molar-refractivity contribution < 1.29 is 23.9 Å². The van der Waals surface area contributed by atoms with Crippen molar-refractivity contribution in [2.45, 2.75) is 6.10 Å². The van der Waals surface area contributed by atoms with Crippen LogP contribution in [0.4, 0.5) is 0 Å². The van der Waals surface area contributed by atoms with Gasteiger partial charge < -0.3 is 25.9 Å². The van der Waals surface area contributed by atoms with Crippen LogP contribution in [-0.4, -0.2) is 42.0 Å². The smallest absolute Gasteiger partial charge is 0.287 e. The van der Waals surface area contributed by atoms with Crippen LogP contribution in [0.25, 0.3) is 0 Å². The number of furan rings is 1. The summed E-state index contributed by atoms with van der Waals surface area (Å²) in [6, 6.07) is 2.99. The van der Waals surface area contributed by atoms with Gasteiger partial charge in [0, 0.05) is 0 Å². The molecule has 98 valence electrons. The molecule has 0 aliphatic carbocycles. The molecule has 0 saturated heterocycles. The molecule has 1 aromatic rings. The number of aliphatic hydroxyl groups is 1. The van der Waals surface area contributed by atoms with Crippen LogP contribution in [0.3, 0.4) is 0 Å². The van der Waals surface area contributed by atoms with Gasteiger partial charge in [-0.05, 0) is 12.1 Å². The fourth-order valence-electron chi connectivity index (χ4n) is 1.03. The Morgan fingerprint density at radius 2 is 2.11 bits per heavy atom. The van der Waals surface area contributed by atoms with Gasteiger partial charge in [-0.2, -0.15) is 0 Å². The van der Waals surface area contributed by atoms with Crippen molar-refractivity contribution in [2.24, 2.45) is 5.73 Å². The highest BCUT2D eigenvalue weighted by Crippen LogP contribution is 1.98. The molecule has 8 heteroatoms. The Hall–Kier alpha value is -2.35. The van der Waals surface area contributed by atoms with E-state index < -0.39 is 23.8 Å². The Bertz CT molecular complexity index is 429. The molecule has 1 atom stereocenters. The topological polar surface area (TPSA) is 135 Å². The Labute approximate surface area is 102 Å². The van der Waals surface area contributed by atoms with E-state index in [9.17, 15) is 14.4 Å². The molecule has 0 bridgehead atoms. The third-order valence-corrected chi connectivity index (χ3v) is 1.98. The molecule has 1 unspecified atom stereocenters. The Morgan fingerprint density at radius 3 is 2.67 bits per heavy atom. The lowest BCUT2D eigenvalue weighted by Gasteiger charge is -2.08. The minimum atomic E-state index is -1.45. The molecular weight excluding hydrogens is 242 g/mol. The highest BCUT2D eigenvalue weighted by Gasteiger charge is 2.13. The first-order valence-electron chi connectivity index (χ1n) is 5.06. The van der Waals surface area contributed by atoms with Gasteiger partial charge in [-0.1, -0.05) is 0 Å². The number of primary amides is 1. The second kappa shape index (κ2) is 6.40. The molecule has 0 aliphatic rings. The van der Waals surface area contributed by atoms with Crippen molar-refractivity contribution >= 4 is 17.7 Å². The van der Waals surface area contributed by atoms with E-state index in [0.717, 1.165) is 0 Å². The predicted octanol–water partition coefficient (Wildman–Crippen LogP) is -2.03. The van der Waals surface area contributed by atoms with Gasteiger partial charge in [-0.25, -0.2) is 0 Å². The van der Waals surface area contributed by atoms with E-state index >= 15 is 0 Å². The summed E-state index contributed by atoms with van der Waals surface area (Å²) in [5.74, 6) is -1.95. The fraction of sp³-hybridized carbons (Fsp3) is 0.300. The van der Waals surface area contributed by atoms with Gasteiger partial charge in [0.05, 0.1) is 19.4 Å². The zero-order valence-corrected chi connectivity index (χ0v) is 9.38. The van der Waals surface area contributed by atoms with Crippen molar-refractivity contribution in [1.82, 2.24) is 10.6 Å². The van der Waals surface area contributed by atoms with Crippen LogP contribution in [-0.2, 0) is 9.59 Å². The number of hydrogen-bond donors (Lipinski definition) is 4. The van der Waals surface area contributed by atoms with Gasteiger partial charge in [0.25, 0.3) is 5.91 Å². The molecule has 1 rings (SSSR count). The highest BCUT2D eigenvalue weighted by molar-refractivity contribution is 5.94. The molecular formula is C10H13N3O5. The number of nitrogens with two attached hydrogens (primary N) is 1. The summed E-state index contributed by atoms with van der Waals surface area (Å²) in [6.45, 7) is -0.601. The van der Waals surface area contributed by atoms with E-state index in [1.54, 1.807) is 0 Å². The second-order valence-corrected chi connectivity index (χ2v) is 3.38. The Balaban J connectivity index is 2.25. The third kappa shape index (κ3) is 4.26. The monoisotopic (exact) mass is 255 g/mol. The lowest BCUT2D eigenvalue weighted by atomic mass is 10.3. The van der Waals surface area contributed by atoms with Gasteiger partial charge in [-0.3, -0.25) is 14.4 Å². The first-order valence-corrected chi connectivity index (χ1v) is 5.06. The van der Waals surface area contributed by atoms with Crippen LogP contribution in [0.5, 0.6) is 0 Å². The van der Waals surface area contributed by atoms with Crippen LogP contribution in [0.2, 0.25) is 0 Å². The van der Waals surface area contributed by atoms with Crippen LogP contribution < -0.4 is 16.4 Å². The van der Waals surface area contributed by atoms with Crippen molar-refractivity contribution in [1.29, 1.82) is 0 Å². The van der Waals surface area contributed by atoms with Gasteiger partial charge in [0.1, 0.15) is 6.10 Å². The normalized spacial score (nSPS) is 11.6. The van der Waals surface area contributed by atoms with Gasteiger partial charge in [0.2, 0.25) is 11.8 Å². The Morgan fingerprint density at radius 1 is 1.39 bits per heavy atom. The number of amides is 3. The zero-order valence-electron chi connectivity index (χ0n) is 9.38. The lowest BCUT2D eigenvalue weighted by molar-refractivity contribution is -0.126. The maximum atomic E-state index is 11.3. The number of nitrogens with one attached hydrogen (secondary N) is 2. The number of hydrogen-bond acceptors (Lipinski definition) is 5. The number of carbonyl (C=O) groups excluding carboxylic acids is 3. The summed E-state index contributed by atoms with van der Waals surface area (Å²) in [5, 5.41) is 13.5. The molecule has 0 radical (unpaired) electrons. The quantitative estimate of drug-likeness (QED) is 0.465. The maximum absolute atomic E-state index is 11.3. The fourth-order valence-corrected chi connectivity index (χ4v) is 1.03. The summed E-state index contributed by atoms with van der Waals surface area (Å²) < 4.78 is 4.81. The first-order chi connectivity index (χ1) is 8.50.